The lowest BCUT2D eigenvalue weighted by atomic mass is 9.81. The molecule has 1 heterocycles. The molecule has 0 amide bonds. The van der Waals surface area contributed by atoms with E-state index in [2.05, 4.69) is 4.98 Å². The highest BCUT2D eigenvalue weighted by molar-refractivity contribution is 7.98. The maximum absolute atomic E-state index is 14.4. The average Bonchev–Trinajstić information content (AvgIpc) is 3.22. The molecule has 0 saturated carbocycles. The van der Waals surface area contributed by atoms with Crippen molar-refractivity contribution in [3.63, 3.8) is 0 Å². The van der Waals surface area contributed by atoms with Crippen LogP contribution in [-0.4, -0.2) is 9.55 Å². The van der Waals surface area contributed by atoms with Crippen LogP contribution in [0.5, 0.6) is 0 Å². The normalized spacial score (nSPS) is 11.8. The third-order valence-electron chi connectivity index (χ3n) is 5.58. The molecule has 4 rings (SSSR count). The fourth-order valence-corrected chi connectivity index (χ4v) is 5.34. The van der Waals surface area contributed by atoms with Crippen LogP contribution in [0.25, 0.3) is 5.69 Å². The third-order valence-corrected chi connectivity index (χ3v) is 7.96. The molecule has 3 aromatic carbocycles. The minimum Gasteiger partial charge on any atom is -0.291 e. The van der Waals surface area contributed by atoms with Gasteiger partial charge in [0.1, 0.15) is 11.6 Å². The van der Waals surface area contributed by atoms with Crippen LogP contribution in [0.15, 0.2) is 66.0 Å². The molecule has 2 nitrogen and oxygen atoms in total. The summed E-state index contributed by atoms with van der Waals surface area (Å²) in [6.07, 6.45) is 1.72. The molecule has 34 heavy (non-hydrogen) atoms. The lowest BCUT2D eigenvalue weighted by Gasteiger charge is -2.28. The summed E-state index contributed by atoms with van der Waals surface area (Å²) in [4.78, 5) is 4.60. The summed E-state index contributed by atoms with van der Waals surface area (Å²) >= 11 is 25.8. The Morgan fingerprint density at radius 1 is 0.853 bits per heavy atom. The van der Waals surface area contributed by atoms with Gasteiger partial charge < -0.3 is 0 Å². The molecule has 176 valence electrons. The lowest BCUT2D eigenvalue weighted by Crippen LogP contribution is -2.23. The molecule has 0 unspecified atom stereocenters. The van der Waals surface area contributed by atoms with Crippen LogP contribution in [0.1, 0.15) is 30.7 Å². The van der Waals surface area contributed by atoms with Gasteiger partial charge in [0.25, 0.3) is 0 Å². The topological polar surface area (TPSA) is 17.8 Å². The van der Waals surface area contributed by atoms with Crippen LogP contribution in [0, 0.1) is 11.6 Å². The number of nitrogens with zero attached hydrogens (tertiary/aromatic N) is 2. The van der Waals surface area contributed by atoms with E-state index in [9.17, 15) is 8.78 Å². The molecule has 1 aromatic heterocycles. The molecule has 4 aromatic rings. The van der Waals surface area contributed by atoms with Crippen LogP contribution in [0.4, 0.5) is 8.78 Å². The van der Waals surface area contributed by atoms with Crippen LogP contribution in [0.3, 0.4) is 0 Å². The van der Waals surface area contributed by atoms with Gasteiger partial charge in [0.15, 0.2) is 5.16 Å². The molecule has 0 aliphatic heterocycles. The molecule has 0 bridgehead atoms. The van der Waals surface area contributed by atoms with E-state index in [-0.39, 0.29) is 10.8 Å². The average molecular weight is 558 g/mol. The van der Waals surface area contributed by atoms with E-state index >= 15 is 0 Å². The number of aromatic nitrogens is 2. The maximum Gasteiger partial charge on any atom is 0.173 e. The second-order valence-corrected chi connectivity index (χ2v) is 10.7. The minimum absolute atomic E-state index is 0.0153. The smallest absolute Gasteiger partial charge is 0.173 e. The van der Waals surface area contributed by atoms with Gasteiger partial charge in [-0.2, -0.15) is 0 Å². The van der Waals surface area contributed by atoms with E-state index in [0.29, 0.717) is 31.5 Å². The first kappa shape index (κ1) is 25.3. The minimum atomic E-state index is -0.591. The van der Waals surface area contributed by atoms with Crippen molar-refractivity contribution in [3.8, 4) is 5.69 Å². The van der Waals surface area contributed by atoms with Crippen molar-refractivity contribution in [1.82, 2.24) is 9.55 Å². The first-order valence-corrected chi connectivity index (χ1v) is 12.6. The van der Waals surface area contributed by atoms with Gasteiger partial charge in [0.05, 0.1) is 32.6 Å². The number of hydrogen-bond donors (Lipinski definition) is 0. The Morgan fingerprint density at radius 3 is 2.26 bits per heavy atom. The van der Waals surface area contributed by atoms with Gasteiger partial charge in [-0.1, -0.05) is 84.1 Å². The van der Waals surface area contributed by atoms with Crippen molar-refractivity contribution in [2.45, 2.75) is 30.2 Å². The number of halogens is 6. The van der Waals surface area contributed by atoms with Crippen molar-refractivity contribution >= 4 is 58.2 Å². The SMILES string of the molecule is CC(C)(c1ccc(Cl)c(Cl)c1)c1cnc(SCc2c(F)cccc2Cl)n1-c1ccc(Cl)c(F)c1. The number of hydrogen-bond acceptors (Lipinski definition) is 2. The molecule has 0 N–H and O–H groups in total. The molecule has 0 radical (unpaired) electrons. The zero-order chi connectivity index (χ0) is 24.6. The van der Waals surface area contributed by atoms with Gasteiger partial charge in [-0.15, -0.1) is 0 Å². The summed E-state index contributed by atoms with van der Waals surface area (Å²) in [5, 5.41) is 1.78. The van der Waals surface area contributed by atoms with E-state index in [1.54, 1.807) is 36.5 Å². The highest BCUT2D eigenvalue weighted by atomic mass is 35.5. The second-order valence-electron chi connectivity index (χ2n) is 8.10. The van der Waals surface area contributed by atoms with Crippen molar-refractivity contribution in [2.75, 3.05) is 0 Å². The Balaban J connectivity index is 1.83. The van der Waals surface area contributed by atoms with E-state index in [1.165, 1.54) is 30.0 Å². The Bertz CT molecular complexity index is 1350. The highest BCUT2D eigenvalue weighted by Gasteiger charge is 2.30. The van der Waals surface area contributed by atoms with Crippen molar-refractivity contribution < 1.29 is 8.78 Å². The molecule has 0 spiro atoms. The van der Waals surface area contributed by atoms with E-state index in [4.69, 9.17) is 46.4 Å². The van der Waals surface area contributed by atoms with Crippen LogP contribution in [-0.2, 0) is 11.2 Å². The summed E-state index contributed by atoms with van der Waals surface area (Å²) in [5.41, 5.74) is 1.98. The maximum atomic E-state index is 14.4. The van der Waals surface area contributed by atoms with Crippen molar-refractivity contribution in [2.24, 2.45) is 0 Å². The number of benzene rings is 3. The Morgan fingerprint density at radius 2 is 1.59 bits per heavy atom. The summed E-state index contributed by atoms with van der Waals surface area (Å²) in [6.45, 7) is 4.02. The highest BCUT2D eigenvalue weighted by Crippen LogP contribution is 2.39. The monoisotopic (exact) mass is 556 g/mol. The molecular formula is C25H18Cl4F2N2S. The summed E-state index contributed by atoms with van der Waals surface area (Å²) in [5.74, 6) is -0.711. The van der Waals surface area contributed by atoms with Gasteiger partial charge in [0.2, 0.25) is 0 Å². The first-order chi connectivity index (χ1) is 16.1. The second kappa shape index (κ2) is 10.1. The number of rotatable bonds is 6. The largest absolute Gasteiger partial charge is 0.291 e. The van der Waals surface area contributed by atoms with Crippen LogP contribution < -0.4 is 0 Å². The standard InChI is InChI=1S/C25H18Cl4F2N2S/c1-25(2,14-6-8-18(27)20(29)10-14)23-12-32-24(33(23)15-7-9-19(28)22(31)11-15)34-13-16-17(26)4-3-5-21(16)30/h3-12H,13H2,1-2H3. The molecule has 0 atom stereocenters. The Labute approximate surface area is 220 Å². The summed E-state index contributed by atoms with van der Waals surface area (Å²) in [6, 6.07) is 14.5. The zero-order valence-corrected chi connectivity index (χ0v) is 21.9. The Kier molecular flexibility index (Phi) is 7.51. The predicted octanol–water partition coefficient (Wildman–Crippen LogP) is 9.38. The number of imidazole rings is 1. The van der Waals surface area contributed by atoms with Gasteiger partial charge in [-0.25, -0.2) is 13.8 Å². The van der Waals surface area contributed by atoms with Crippen LogP contribution in [0.2, 0.25) is 20.1 Å². The van der Waals surface area contributed by atoms with Gasteiger partial charge in [-0.05, 0) is 48.0 Å². The molecule has 0 aliphatic carbocycles. The zero-order valence-electron chi connectivity index (χ0n) is 18.1. The fraction of sp³-hybridized carbons (Fsp3) is 0.160. The quantitative estimate of drug-likeness (QED) is 0.220. The van der Waals surface area contributed by atoms with Crippen molar-refractivity contribution in [1.29, 1.82) is 0 Å². The molecule has 0 aliphatic rings. The number of thioether (sulfide) groups is 1. The molecule has 0 fully saturated rings. The molecule has 0 saturated heterocycles. The van der Waals surface area contributed by atoms with Crippen molar-refractivity contribution in [3.05, 3.63) is 109 Å². The van der Waals surface area contributed by atoms with Crippen LogP contribution >= 0.6 is 58.2 Å². The van der Waals surface area contributed by atoms with E-state index in [0.717, 1.165) is 11.3 Å². The van der Waals surface area contributed by atoms with E-state index in [1.807, 2.05) is 24.5 Å². The van der Waals surface area contributed by atoms with E-state index < -0.39 is 17.0 Å². The summed E-state index contributed by atoms with van der Waals surface area (Å²) < 4.78 is 30.6. The molecule has 9 heteroatoms. The molecular weight excluding hydrogens is 540 g/mol. The third kappa shape index (κ3) is 4.95. The fourth-order valence-electron chi connectivity index (χ4n) is 3.59. The van der Waals surface area contributed by atoms with Gasteiger partial charge in [0, 0.05) is 21.8 Å². The van der Waals surface area contributed by atoms with Gasteiger partial charge >= 0.3 is 0 Å². The summed E-state index contributed by atoms with van der Waals surface area (Å²) in [7, 11) is 0. The first-order valence-electron chi connectivity index (χ1n) is 10.1. The van der Waals surface area contributed by atoms with Gasteiger partial charge in [-0.3, -0.25) is 4.57 Å². The lowest BCUT2D eigenvalue weighted by molar-refractivity contribution is 0.589. The Hall–Kier alpha value is -1.76. The predicted molar refractivity (Wildman–Crippen MR) is 138 cm³/mol.